The number of nitrogens with zero attached hydrogens (tertiary/aromatic N) is 1. The molecular formula is C6H9N3. The lowest BCUT2D eigenvalue weighted by Crippen LogP contribution is -2.31. The van der Waals surface area contributed by atoms with Crippen LogP contribution in [0.2, 0.25) is 0 Å². The van der Waals surface area contributed by atoms with E-state index in [0.29, 0.717) is 0 Å². The Morgan fingerprint density at radius 1 is 1.67 bits per heavy atom. The first kappa shape index (κ1) is 5.88. The predicted molar refractivity (Wildman–Crippen MR) is 37.9 cm³/mol. The van der Waals surface area contributed by atoms with E-state index >= 15 is 0 Å². The van der Waals surface area contributed by atoms with Crippen LogP contribution in [0.15, 0.2) is 29.7 Å². The van der Waals surface area contributed by atoms with Crippen LogP contribution >= 0.6 is 0 Å². The number of rotatable bonds is 0. The zero-order valence-corrected chi connectivity index (χ0v) is 5.31. The van der Waals surface area contributed by atoms with Crippen LogP contribution in [0.25, 0.3) is 0 Å². The lowest BCUT2D eigenvalue weighted by molar-refractivity contribution is 0.928. The lowest BCUT2D eigenvalue weighted by atomic mass is 10.4. The van der Waals surface area contributed by atoms with Crippen molar-refractivity contribution in [3.63, 3.8) is 0 Å². The van der Waals surface area contributed by atoms with Crippen molar-refractivity contribution in [2.45, 2.75) is 0 Å². The molecule has 0 aromatic carbocycles. The smallest absolute Gasteiger partial charge is 0.127 e. The first-order chi connectivity index (χ1) is 4.33. The zero-order chi connectivity index (χ0) is 6.69. The summed E-state index contributed by atoms with van der Waals surface area (Å²) in [6.07, 6.45) is 3.63. The minimum Gasteiger partial charge on any atom is -0.349 e. The van der Waals surface area contributed by atoms with E-state index in [9.17, 15) is 0 Å². The molecule has 0 saturated heterocycles. The number of hydrogen-bond acceptors (Lipinski definition) is 2. The summed E-state index contributed by atoms with van der Waals surface area (Å²) in [5.74, 6) is 1.59. The second-order valence-corrected chi connectivity index (χ2v) is 1.69. The molecule has 0 aromatic heterocycles. The van der Waals surface area contributed by atoms with Gasteiger partial charge in [0, 0.05) is 13.2 Å². The van der Waals surface area contributed by atoms with Gasteiger partial charge >= 0.3 is 0 Å². The Morgan fingerprint density at radius 3 is 2.89 bits per heavy atom. The third-order valence-corrected chi connectivity index (χ3v) is 1.02. The molecule has 0 bridgehead atoms. The molecule has 9 heavy (non-hydrogen) atoms. The minimum absolute atomic E-state index is 0.762. The van der Waals surface area contributed by atoms with Gasteiger partial charge in [0.15, 0.2) is 0 Å². The Hall–Kier alpha value is -1.25. The van der Waals surface area contributed by atoms with E-state index < -0.39 is 0 Å². The van der Waals surface area contributed by atoms with Gasteiger partial charge in [-0.25, -0.2) is 0 Å². The van der Waals surface area contributed by atoms with Gasteiger partial charge in [-0.05, 0) is 6.08 Å². The average molecular weight is 123 g/mol. The predicted octanol–water partition coefficient (Wildman–Crippen LogP) is 0.192. The Labute approximate surface area is 54.2 Å². The molecule has 0 saturated carbocycles. The number of nitrogens with one attached hydrogen (secondary N) is 2. The van der Waals surface area contributed by atoms with Gasteiger partial charge in [0.25, 0.3) is 0 Å². The van der Waals surface area contributed by atoms with Crippen LogP contribution in [-0.2, 0) is 0 Å². The van der Waals surface area contributed by atoms with Crippen molar-refractivity contribution < 1.29 is 0 Å². The Balaban J connectivity index is 2.71. The first-order valence-electron chi connectivity index (χ1n) is 2.69. The van der Waals surface area contributed by atoms with Crippen molar-refractivity contribution in [1.82, 2.24) is 10.6 Å². The molecular weight excluding hydrogens is 114 g/mol. The minimum atomic E-state index is 0.762. The second kappa shape index (κ2) is 2.35. The van der Waals surface area contributed by atoms with E-state index in [1.807, 2.05) is 6.08 Å². The molecule has 0 atom stereocenters. The molecule has 0 amide bonds. The van der Waals surface area contributed by atoms with Gasteiger partial charge < -0.3 is 10.6 Å². The maximum Gasteiger partial charge on any atom is 0.127 e. The summed E-state index contributed by atoms with van der Waals surface area (Å²) >= 11 is 0. The van der Waals surface area contributed by atoms with Crippen molar-refractivity contribution >= 4 is 5.84 Å². The van der Waals surface area contributed by atoms with E-state index in [2.05, 4.69) is 22.2 Å². The third kappa shape index (κ3) is 1.32. The molecule has 0 radical (unpaired) electrons. The summed E-state index contributed by atoms with van der Waals surface area (Å²) in [6.45, 7) is 3.66. The van der Waals surface area contributed by atoms with Crippen LogP contribution in [0, 0.1) is 0 Å². The summed E-state index contributed by atoms with van der Waals surface area (Å²) in [7, 11) is 1.73. The van der Waals surface area contributed by atoms with Crippen molar-refractivity contribution in [1.29, 1.82) is 0 Å². The van der Waals surface area contributed by atoms with E-state index in [-0.39, 0.29) is 0 Å². The molecule has 48 valence electrons. The highest BCUT2D eigenvalue weighted by molar-refractivity contribution is 5.94. The van der Waals surface area contributed by atoms with Gasteiger partial charge in [-0.15, -0.1) is 0 Å². The van der Waals surface area contributed by atoms with Gasteiger partial charge in [0.05, 0.1) is 0 Å². The van der Waals surface area contributed by atoms with E-state index in [4.69, 9.17) is 0 Å². The summed E-state index contributed by atoms with van der Waals surface area (Å²) in [5.41, 5.74) is 0. The molecule has 2 N–H and O–H groups in total. The summed E-state index contributed by atoms with van der Waals surface area (Å²) in [4.78, 5) is 3.92. The van der Waals surface area contributed by atoms with Crippen molar-refractivity contribution in [2.75, 3.05) is 7.05 Å². The largest absolute Gasteiger partial charge is 0.349 e. The molecule has 0 spiro atoms. The van der Waals surface area contributed by atoms with E-state index in [1.165, 1.54) is 0 Å². The SMILES string of the molecule is C=C1NC=CC(=NC)N1. The maximum atomic E-state index is 3.92. The van der Waals surface area contributed by atoms with Crippen molar-refractivity contribution in [3.8, 4) is 0 Å². The van der Waals surface area contributed by atoms with Gasteiger partial charge in [0.1, 0.15) is 11.7 Å². The summed E-state index contributed by atoms with van der Waals surface area (Å²) in [5, 5.41) is 5.80. The van der Waals surface area contributed by atoms with Crippen LogP contribution in [0.4, 0.5) is 0 Å². The molecule has 0 fully saturated rings. The fraction of sp³-hybridized carbons (Fsp3) is 0.167. The molecule has 1 heterocycles. The highest BCUT2D eigenvalue weighted by Gasteiger charge is 1.97. The number of amidine groups is 1. The maximum absolute atomic E-state index is 3.92. The molecule has 1 aliphatic rings. The second-order valence-electron chi connectivity index (χ2n) is 1.69. The number of aliphatic imine (C=N–C) groups is 1. The fourth-order valence-corrected chi connectivity index (χ4v) is 0.584. The normalized spacial score (nSPS) is 21.4. The van der Waals surface area contributed by atoms with Crippen LogP contribution in [0.1, 0.15) is 0 Å². The van der Waals surface area contributed by atoms with Crippen molar-refractivity contribution in [2.24, 2.45) is 4.99 Å². The zero-order valence-electron chi connectivity index (χ0n) is 5.31. The van der Waals surface area contributed by atoms with Gasteiger partial charge in [0.2, 0.25) is 0 Å². The number of hydrogen-bond donors (Lipinski definition) is 2. The molecule has 0 unspecified atom stereocenters. The standard InChI is InChI=1S/C6H9N3/c1-5-8-4-3-6(7-2)9-5/h3-4,8H,1H2,2H3,(H,7,9). The molecule has 1 aliphatic heterocycles. The van der Waals surface area contributed by atoms with Gasteiger partial charge in [-0.2, -0.15) is 0 Å². The summed E-state index contributed by atoms with van der Waals surface area (Å²) in [6, 6.07) is 0. The molecule has 1 rings (SSSR count). The molecule has 3 heteroatoms. The Morgan fingerprint density at radius 2 is 2.44 bits per heavy atom. The molecule has 3 nitrogen and oxygen atoms in total. The van der Waals surface area contributed by atoms with Crippen LogP contribution in [0.3, 0.4) is 0 Å². The first-order valence-corrected chi connectivity index (χ1v) is 2.69. The molecule has 0 aromatic rings. The third-order valence-electron chi connectivity index (χ3n) is 1.02. The van der Waals surface area contributed by atoms with Crippen molar-refractivity contribution in [3.05, 3.63) is 24.7 Å². The highest BCUT2D eigenvalue weighted by Crippen LogP contribution is 1.87. The van der Waals surface area contributed by atoms with Crippen LogP contribution in [-0.4, -0.2) is 12.9 Å². The Bertz CT molecular complexity index is 179. The quantitative estimate of drug-likeness (QED) is 0.482. The Kier molecular flexibility index (Phi) is 1.53. The fourth-order valence-electron chi connectivity index (χ4n) is 0.584. The van der Waals surface area contributed by atoms with E-state index in [1.54, 1.807) is 13.2 Å². The monoisotopic (exact) mass is 123 g/mol. The highest BCUT2D eigenvalue weighted by atomic mass is 15.1. The van der Waals surface area contributed by atoms with Crippen LogP contribution in [0.5, 0.6) is 0 Å². The van der Waals surface area contributed by atoms with Gasteiger partial charge in [-0.1, -0.05) is 6.58 Å². The average Bonchev–Trinajstić information content (AvgIpc) is 1.88. The topological polar surface area (TPSA) is 36.4 Å². The summed E-state index contributed by atoms with van der Waals surface area (Å²) < 4.78 is 0. The lowest BCUT2D eigenvalue weighted by Gasteiger charge is -2.12. The molecule has 0 aliphatic carbocycles. The van der Waals surface area contributed by atoms with E-state index in [0.717, 1.165) is 11.7 Å². The van der Waals surface area contributed by atoms with Gasteiger partial charge in [-0.3, -0.25) is 4.99 Å². The van der Waals surface area contributed by atoms with Crippen LogP contribution < -0.4 is 10.6 Å².